The molecule has 1 fully saturated rings. The van der Waals surface area contributed by atoms with E-state index < -0.39 is 11.7 Å². The van der Waals surface area contributed by atoms with E-state index >= 15 is 0 Å². The van der Waals surface area contributed by atoms with Gasteiger partial charge in [-0.1, -0.05) is 49.4 Å². The zero-order valence-corrected chi connectivity index (χ0v) is 16.7. The van der Waals surface area contributed by atoms with Gasteiger partial charge < -0.3 is 0 Å². The first-order valence-corrected chi connectivity index (χ1v) is 10.4. The van der Waals surface area contributed by atoms with E-state index in [9.17, 15) is 18.0 Å². The number of rotatable bonds is 4. The molecule has 0 N–H and O–H groups in total. The third kappa shape index (κ3) is 3.66. The summed E-state index contributed by atoms with van der Waals surface area (Å²) in [6.07, 6.45) is 0.888. The molecule has 0 amide bonds. The smallest absolute Gasteiger partial charge is 0.286 e. The Balaban J connectivity index is 1.77. The fourth-order valence-corrected chi connectivity index (χ4v) is 5.04. The molecule has 0 aliphatic heterocycles. The van der Waals surface area contributed by atoms with E-state index in [0.29, 0.717) is 16.5 Å². The van der Waals surface area contributed by atoms with Gasteiger partial charge >= 0.3 is 6.18 Å². The Morgan fingerprint density at radius 2 is 1.90 bits per heavy atom. The standard InChI is InChI=1S/C23H20F3NOS/c1-2-22(11-5-12-22)21(28)29-20-10-13-27-19-9-8-15(14-17(19)20)16-6-3-4-7-18(16)23(24,25)26/h3-4,6-10,13-14H,2,5,11-12H2,1H3. The quantitative estimate of drug-likeness (QED) is 0.425. The number of alkyl halides is 3. The molecule has 1 saturated carbocycles. The van der Waals surface area contributed by atoms with Gasteiger partial charge in [0, 0.05) is 21.9 Å². The summed E-state index contributed by atoms with van der Waals surface area (Å²) < 4.78 is 40.4. The van der Waals surface area contributed by atoms with Crippen molar-refractivity contribution < 1.29 is 18.0 Å². The monoisotopic (exact) mass is 415 g/mol. The molecule has 150 valence electrons. The fraction of sp³-hybridized carbons (Fsp3) is 0.304. The van der Waals surface area contributed by atoms with E-state index in [2.05, 4.69) is 4.98 Å². The van der Waals surface area contributed by atoms with Gasteiger partial charge in [0.05, 0.1) is 11.1 Å². The van der Waals surface area contributed by atoms with Crippen LogP contribution in [-0.4, -0.2) is 10.1 Å². The Bertz CT molecular complexity index is 1070. The van der Waals surface area contributed by atoms with E-state index in [0.717, 1.165) is 36.6 Å². The van der Waals surface area contributed by atoms with Crippen LogP contribution in [0.5, 0.6) is 0 Å². The summed E-state index contributed by atoms with van der Waals surface area (Å²) >= 11 is 1.19. The van der Waals surface area contributed by atoms with Crippen molar-refractivity contribution >= 4 is 27.8 Å². The van der Waals surface area contributed by atoms with Gasteiger partial charge in [0.2, 0.25) is 0 Å². The van der Waals surface area contributed by atoms with Gasteiger partial charge in [-0.2, -0.15) is 13.2 Å². The molecule has 3 aromatic rings. The minimum absolute atomic E-state index is 0.122. The minimum Gasteiger partial charge on any atom is -0.286 e. The lowest BCUT2D eigenvalue weighted by Crippen LogP contribution is -2.35. The van der Waals surface area contributed by atoms with Crippen LogP contribution < -0.4 is 0 Å². The molecule has 4 rings (SSSR count). The Morgan fingerprint density at radius 1 is 1.14 bits per heavy atom. The number of carbonyl (C=O) groups excluding carboxylic acids is 1. The summed E-state index contributed by atoms with van der Waals surface area (Å²) in [5, 5.41) is 0.839. The highest BCUT2D eigenvalue weighted by Gasteiger charge is 2.42. The number of thioether (sulfide) groups is 1. The lowest BCUT2D eigenvalue weighted by Gasteiger charge is -2.39. The highest BCUT2D eigenvalue weighted by molar-refractivity contribution is 8.14. The Kier molecular flexibility index (Phi) is 5.15. The molecule has 0 unspecified atom stereocenters. The van der Waals surface area contributed by atoms with E-state index in [4.69, 9.17) is 0 Å². The number of halogens is 3. The fourth-order valence-electron chi connectivity index (χ4n) is 3.87. The second kappa shape index (κ2) is 7.48. The number of hydrogen-bond donors (Lipinski definition) is 0. The van der Waals surface area contributed by atoms with Crippen LogP contribution in [0.15, 0.2) is 59.6 Å². The van der Waals surface area contributed by atoms with Crippen molar-refractivity contribution in [3.8, 4) is 11.1 Å². The number of aromatic nitrogens is 1. The van der Waals surface area contributed by atoms with Crippen molar-refractivity contribution in [1.29, 1.82) is 0 Å². The Hall–Kier alpha value is -2.34. The molecule has 0 atom stereocenters. The molecular formula is C23H20F3NOS. The number of fused-ring (bicyclic) bond motifs is 1. The number of pyridine rings is 1. The zero-order valence-electron chi connectivity index (χ0n) is 15.9. The first-order valence-electron chi connectivity index (χ1n) is 9.62. The number of hydrogen-bond acceptors (Lipinski definition) is 3. The molecular weight excluding hydrogens is 395 g/mol. The van der Waals surface area contributed by atoms with E-state index in [1.54, 1.807) is 36.5 Å². The molecule has 1 aliphatic rings. The zero-order chi connectivity index (χ0) is 20.6. The molecule has 0 saturated heterocycles. The molecule has 2 aromatic carbocycles. The highest BCUT2D eigenvalue weighted by atomic mass is 32.2. The lowest BCUT2D eigenvalue weighted by atomic mass is 9.68. The predicted octanol–water partition coefficient (Wildman–Crippen LogP) is 7.12. The SMILES string of the molecule is CCC1(C(=O)Sc2ccnc3ccc(-c4ccccc4C(F)(F)F)cc23)CCC1. The van der Waals surface area contributed by atoms with Crippen LogP contribution >= 0.6 is 11.8 Å². The van der Waals surface area contributed by atoms with Gasteiger partial charge in [-0.05, 0) is 54.7 Å². The van der Waals surface area contributed by atoms with Crippen LogP contribution in [-0.2, 0) is 11.0 Å². The van der Waals surface area contributed by atoms with Gasteiger partial charge in [-0.3, -0.25) is 9.78 Å². The lowest BCUT2D eigenvalue weighted by molar-refractivity contribution is -0.137. The molecule has 0 spiro atoms. The predicted molar refractivity (Wildman–Crippen MR) is 110 cm³/mol. The normalized spacial score (nSPS) is 15.9. The molecule has 6 heteroatoms. The summed E-state index contributed by atoms with van der Waals surface area (Å²) in [5.74, 6) is 0. The maximum Gasteiger partial charge on any atom is 0.417 e. The maximum absolute atomic E-state index is 13.5. The topological polar surface area (TPSA) is 30.0 Å². The number of carbonyl (C=O) groups is 1. The van der Waals surface area contributed by atoms with Crippen molar-refractivity contribution in [2.45, 2.75) is 43.7 Å². The summed E-state index contributed by atoms with van der Waals surface area (Å²) in [6.45, 7) is 2.04. The van der Waals surface area contributed by atoms with Crippen LogP contribution in [0.25, 0.3) is 22.0 Å². The van der Waals surface area contributed by atoms with Gasteiger partial charge in [0.15, 0.2) is 5.12 Å². The van der Waals surface area contributed by atoms with Gasteiger partial charge in [0.1, 0.15) is 0 Å². The average Bonchev–Trinajstić information content (AvgIpc) is 2.67. The van der Waals surface area contributed by atoms with E-state index in [-0.39, 0.29) is 16.1 Å². The minimum atomic E-state index is -4.44. The van der Waals surface area contributed by atoms with Crippen LogP contribution in [0.3, 0.4) is 0 Å². The van der Waals surface area contributed by atoms with Crippen LogP contribution in [0.4, 0.5) is 13.2 Å². The van der Waals surface area contributed by atoms with Crippen molar-refractivity contribution in [2.24, 2.45) is 5.41 Å². The van der Waals surface area contributed by atoms with E-state index in [1.807, 2.05) is 6.92 Å². The first kappa shape index (κ1) is 20.0. The summed E-state index contributed by atoms with van der Waals surface area (Å²) in [5.41, 5.74) is 0.308. The molecule has 1 aliphatic carbocycles. The van der Waals surface area contributed by atoms with Gasteiger partial charge in [-0.25, -0.2) is 0 Å². The van der Waals surface area contributed by atoms with Crippen LogP contribution in [0.1, 0.15) is 38.2 Å². The second-order valence-electron chi connectivity index (χ2n) is 7.46. The third-order valence-corrected chi connectivity index (χ3v) is 7.06. The summed E-state index contributed by atoms with van der Waals surface area (Å²) in [6, 6.07) is 12.4. The average molecular weight is 415 g/mol. The van der Waals surface area contributed by atoms with Crippen molar-refractivity contribution in [2.75, 3.05) is 0 Å². The number of nitrogens with zero attached hydrogens (tertiary/aromatic N) is 1. The molecule has 1 heterocycles. The van der Waals surface area contributed by atoms with Crippen LogP contribution in [0.2, 0.25) is 0 Å². The molecule has 0 bridgehead atoms. The molecule has 0 radical (unpaired) electrons. The second-order valence-corrected chi connectivity index (χ2v) is 8.48. The molecule has 29 heavy (non-hydrogen) atoms. The largest absolute Gasteiger partial charge is 0.417 e. The van der Waals surface area contributed by atoms with Gasteiger partial charge in [-0.15, -0.1) is 0 Å². The van der Waals surface area contributed by atoms with Crippen molar-refractivity contribution in [3.63, 3.8) is 0 Å². The summed E-state index contributed by atoms with van der Waals surface area (Å²) in [7, 11) is 0. The molecule has 2 nitrogen and oxygen atoms in total. The highest BCUT2D eigenvalue weighted by Crippen LogP contribution is 2.49. The van der Waals surface area contributed by atoms with Crippen LogP contribution in [0, 0.1) is 5.41 Å². The van der Waals surface area contributed by atoms with Crippen molar-refractivity contribution in [1.82, 2.24) is 4.98 Å². The Labute approximate surface area is 171 Å². The first-order chi connectivity index (χ1) is 13.8. The van der Waals surface area contributed by atoms with E-state index in [1.165, 1.54) is 23.9 Å². The Morgan fingerprint density at radius 3 is 2.55 bits per heavy atom. The maximum atomic E-state index is 13.5. The summed E-state index contributed by atoms with van der Waals surface area (Å²) in [4.78, 5) is 18.0. The third-order valence-electron chi connectivity index (χ3n) is 5.87. The number of benzene rings is 2. The molecule has 1 aromatic heterocycles. The van der Waals surface area contributed by atoms with Crippen molar-refractivity contribution in [3.05, 3.63) is 60.3 Å². The van der Waals surface area contributed by atoms with Gasteiger partial charge in [0.25, 0.3) is 0 Å².